The fraction of sp³-hybridized carbons (Fsp3) is 0.250. The molecule has 0 fully saturated rings. The van der Waals surface area contributed by atoms with E-state index in [1.54, 1.807) is 0 Å². The summed E-state index contributed by atoms with van der Waals surface area (Å²) in [7, 11) is 0. The second-order valence-corrected chi connectivity index (χ2v) is 2.58. The van der Waals surface area contributed by atoms with Gasteiger partial charge in [0.15, 0.2) is 0 Å². The lowest BCUT2D eigenvalue weighted by molar-refractivity contribution is -0.0501. The Hall–Kier alpha value is -1.72. The summed E-state index contributed by atoms with van der Waals surface area (Å²) in [6.45, 7) is -1.37. The summed E-state index contributed by atoms with van der Waals surface area (Å²) in [6, 6.07) is 1.28. The number of amides is 1. The lowest BCUT2D eigenvalue weighted by atomic mass is 10.2. The van der Waals surface area contributed by atoms with Crippen molar-refractivity contribution in [1.82, 2.24) is 4.98 Å². The minimum atomic E-state index is -2.91. The monoisotopic (exact) mass is 202 g/mol. The number of pyridine rings is 1. The molecule has 0 aromatic carbocycles. The third-order valence-electron chi connectivity index (χ3n) is 1.51. The molecule has 0 unspecified atom stereocenters. The molecule has 6 heteroatoms. The Morgan fingerprint density at radius 2 is 2.29 bits per heavy atom. The van der Waals surface area contributed by atoms with Crippen LogP contribution in [0.15, 0.2) is 12.3 Å². The molecule has 14 heavy (non-hydrogen) atoms. The van der Waals surface area contributed by atoms with Gasteiger partial charge in [-0.25, -0.2) is 4.98 Å². The van der Waals surface area contributed by atoms with Crippen molar-refractivity contribution in [2.45, 2.75) is 13.5 Å². The van der Waals surface area contributed by atoms with Gasteiger partial charge in [0.25, 0.3) is 5.91 Å². The molecule has 1 amide bonds. The van der Waals surface area contributed by atoms with Crippen molar-refractivity contribution in [3.8, 4) is 5.75 Å². The number of hydrogen-bond acceptors (Lipinski definition) is 3. The standard InChI is InChI=1S/C8H8F2N2O2/c1-4-2-5(14-8(9)10)3-12-6(4)7(11)13/h2-3,8H,1H3,(H2,11,13). The van der Waals surface area contributed by atoms with Crippen molar-refractivity contribution in [3.63, 3.8) is 0 Å². The number of hydrogen-bond donors (Lipinski definition) is 1. The summed E-state index contributed by atoms with van der Waals surface area (Å²) >= 11 is 0. The summed E-state index contributed by atoms with van der Waals surface area (Å²) in [4.78, 5) is 14.3. The number of primary amides is 1. The molecule has 0 aliphatic carbocycles. The van der Waals surface area contributed by atoms with Gasteiger partial charge in [0.05, 0.1) is 6.20 Å². The predicted molar refractivity (Wildman–Crippen MR) is 44.1 cm³/mol. The van der Waals surface area contributed by atoms with E-state index < -0.39 is 12.5 Å². The quantitative estimate of drug-likeness (QED) is 0.797. The first kappa shape index (κ1) is 10.4. The minimum Gasteiger partial charge on any atom is -0.433 e. The number of alkyl halides is 2. The van der Waals surface area contributed by atoms with Crippen LogP contribution in [0.5, 0.6) is 5.75 Å². The van der Waals surface area contributed by atoms with Crippen LogP contribution in [0.2, 0.25) is 0 Å². The van der Waals surface area contributed by atoms with Crippen molar-refractivity contribution in [1.29, 1.82) is 0 Å². The van der Waals surface area contributed by atoms with E-state index in [9.17, 15) is 13.6 Å². The largest absolute Gasteiger partial charge is 0.433 e. The van der Waals surface area contributed by atoms with E-state index in [0.717, 1.165) is 6.20 Å². The van der Waals surface area contributed by atoms with Gasteiger partial charge >= 0.3 is 6.61 Å². The molecule has 2 N–H and O–H groups in total. The highest BCUT2D eigenvalue weighted by atomic mass is 19.3. The second kappa shape index (κ2) is 3.99. The molecule has 1 rings (SSSR count). The SMILES string of the molecule is Cc1cc(OC(F)F)cnc1C(N)=O. The number of carbonyl (C=O) groups excluding carboxylic acids is 1. The first-order chi connectivity index (χ1) is 6.50. The third kappa shape index (κ3) is 2.38. The van der Waals surface area contributed by atoms with Crippen molar-refractivity contribution in [2.24, 2.45) is 5.73 Å². The highest BCUT2D eigenvalue weighted by molar-refractivity contribution is 5.92. The molecular formula is C8H8F2N2O2. The predicted octanol–water partition coefficient (Wildman–Crippen LogP) is 1.09. The van der Waals surface area contributed by atoms with Gasteiger partial charge in [-0.2, -0.15) is 8.78 Å². The Labute approximate surface area is 78.7 Å². The summed E-state index contributed by atoms with van der Waals surface area (Å²) in [5.74, 6) is -0.798. The van der Waals surface area contributed by atoms with Gasteiger partial charge in [-0.1, -0.05) is 0 Å². The Morgan fingerprint density at radius 1 is 1.64 bits per heavy atom. The maximum atomic E-state index is 11.8. The van der Waals surface area contributed by atoms with Crippen LogP contribution >= 0.6 is 0 Å². The first-order valence-corrected chi connectivity index (χ1v) is 3.72. The molecule has 1 aromatic rings. The van der Waals surface area contributed by atoms with E-state index in [-0.39, 0.29) is 11.4 Å². The molecule has 4 nitrogen and oxygen atoms in total. The van der Waals surface area contributed by atoms with Crippen LogP contribution in [0, 0.1) is 6.92 Å². The van der Waals surface area contributed by atoms with E-state index in [0.29, 0.717) is 5.56 Å². The maximum absolute atomic E-state index is 11.8. The smallest absolute Gasteiger partial charge is 0.387 e. The van der Waals surface area contributed by atoms with Gasteiger partial charge in [0.1, 0.15) is 11.4 Å². The molecule has 0 atom stereocenters. The molecule has 0 saturated carbocycles. The number of carbonyl (C=O) groups is 1. The number of aryl methyl sites for hydroxylation is 1. The van der Waals surface area contributed by atoms with E-state index in [1.807, 2.05) is 0 Å². The number of aromatic nitrogens is 1. The fourth-order valence-corrected chi connectivity index (χ4v) is 0.974. The van der Waals surface area contributed by atoms with E-state index in [4.69, 9.17) is 5.73 Å². The first-order valence-electron chi connectivity index (χ1n) is 3.72. The van der Waals surface area contributed by atoms with Crippen LogP contribution in [0.4, 0.5) is 8.78 Å². The number of nitrogens with two attached hydrogens (primary N) is 1. The summed E-state index contributed by atoms with van der Waals surface area (Å²) in [6.07, 6.45) is 1.03. The van der Waals surface area contributed by atoms with Gasteiger partial charge in [0.2, 0.25) is 0 Å². The number of ether oxygens (including phenoxy) is 1. The van der Waals surface area contributed by atoms with Crippen LogP contribution in [-0.4, -0.2) is 17.5 Å². The average molecular weight is 202 g/mol. The molecule has 1 aromatic heterocycles. The average Bonchev–Trinajstić information content (AvgIpc) is 2.01. The maximum Gasteiger partial charge on any atom is 0.387 e. The molecule has 0 spiro atoms. The van der Waals surface area contributed by atoms with E-state index in [2.05, 4.69) is 9.72 Å². The number of nitrogens with zero attached hydrogens (tertiary/aromatic N) is 1. The topological polar surface area (TPSA) is 65.2 Å². The lowest BCUT2D eigenvalue weighted by Gasteiger charge is -2.06. The Morgan fingerprint density at radius 3 is 2.71 bits per heavy atom. The van der Waals surface area contributed by atoms with E-state index >= 15 is 0 Å². The fourth-order valence-electron chi connectivity index (χ4n) is 0.974. The molecule has 76 valence electrons. The zero-order valence-corrected chi connectivity index (χ0v) is 7.33. The Balaban J connectivity index is 2.94. The lowest BCUT2D eigenvalue weighted by Crippen LogP contribution is -2.15. The summed E-state index contributed by atoms with van der Waals surface area (Å²) in [5, 5.41) is 0. The van der Waals surface area contributed by atoms with Gasteiger partial charge in [-0.15, -0.1) is 0 Å². The summed E-state index contributed by atoms with van der Waals surface area (Å²) < 4.78 is 27.6. The minimum absolute atomic E-state index is 0.0478. The van der Waals surface area contributed by atoms with Crippen LogP contribution in [0.25, 0.3) is 0 Å². The number of rotatable bonds is 3. The number of halogens is 2. The van der Waals surface area contributed by atoms with Crippen LogP contribution in [0.3, 0.4) is 0 Å². The summed E-state index contributed by atoms with van der Waals surface area (Å²) in [5.41, 5.74) is 5.42. The van der Waals surface area contributed by atoms with Crippen molar-refractivity contribution >= 4 is 5.91 Å². The van der Waals surface area contributed by atoms with Crippen molar-refractivity contribution in [2.75, 3.05) is 0 Å². The molecule has 0 radical (unpaired) electrons. The van der Waals surface area contributed by atoms with Gasteiger partial charge < -0.3 is 10.5 Å². The highest BCUT2D eigenvalue weighted by Crippen LogP contribution is 2.16. The Bertz CT molecular complexity index is 355. The van der Waals surface area contributed by atoms with Crippen LogP contribution in [0.1, 0.15) is 16.1 Å². The molecule has 0 bridgehead atoms. The molecule has 0 aliphatic rings. The zero-order chi connectivity index (χ0) is 10.7. The zero-order valence-electron chi connectivity index (χ0n) is 7.33. The molecular weight excluding hydrogens is 194 g/mol. The van der Waals surface area contributed by atoms with E-state index in [1.165, 1.54) is 13.0 Å². The normalized spacial score (nSPS) is 10.3. The van der Waals surface area contributed by atoms with Crippen LogP contribution in [-0.2, 0) is 0 Å². The second-order valence-electron chi connectivity index (χ2n) is 2.58. The third-order valence-corrected chi connectivity index (χ3v) is 1.51. The Kier molecular flexibility index (Phi) is 2.95. The molecule has 0 aliphatic heterocycles. The highest BCUT2D eigenvalue weighted by Gasteiger charge is 2.10. The molecule has 1 heterocycles. The van der Waals surface area contributed by atoms with Crippen molar-refractivity contribution in [3.05, 3.63) is 23.5 Å². The van der Waals surface area contributed by atoms with Gasteiger partial charge in [-0.05, 0) is 18.6 Å². The van der Waals surface area contributed by atoms with Gasteiger partial charge in [0, 0.05) is 0 Å². The van der Waals surface area contributed by atoms with Crippen LogP contribution < -0.4 is 10.5 Å². The van der Waals surface area contributed by atoms with Gasteiger partial charge in [-0.3, -0.25) is 4.79 Å². The molecule has 0 saturated heterocycles. The van der Waals surface area contributed by atoms with Crippen molar-refractivity contribution < 1.29 is 18.3 Å².